The van der Waals surface area contributed by atoms with Crippen LogP contribution in [0.1, 0.15) is 27.2 Å². The molecule has 1 aliphatic heterocycles. The number of ether oxygens (including phenoxy) is 1. The Balaban J connectivity index is 2.52. The third kappa shape index (κ3) is 2.97. The summed E-state index contributed by atoms with van der Waals surface area (Å²) in [7, 11) is 2.05. The molecular formula is C11H20N2O. The summed E-state index contributed by atoms with van der Waals surface area (Å²) < 4.78 is 5.71. The molecule has 0 aromatic rings. The lowest BCUT2D eigenvalue weighted by Crippen LogP contribution is -2.33. The molecule has 80 valence electrons. The van der Waals surface area contributed by atoms with Crippen molar-refractivity contribution in [3.63, 3.8) is 0 Å². The topological polar surface area (TPSA) is 36.3 Å². The number of nitriles is 1. The standard InChI is InChI=1S/C11H20N2O/c1-10(2,3)14-9-11(7-12)5-6-13(4)8-11/h5-6,8-9H2,1-4H3/t11-/m0/s1. The van der Waals surface area contributed by atoms with Gasteiger partial charge in [0.2, 0.25) is 0 Å². The lowest BCUT2D eigenvalue weighted by molar-refractivity contribution is -0.0349. The van der Waals surface area contributed by atoms with E-state index in [1.165, 1.54) is 0 Å². The zero-order valence-corrected chi connectivity index (χ0v) is 9.63. The fraction of sp³-hybridized carbons (Fsp3) is 0.909. The highest BCUT2D eigenvalue weighted by molar-refractivity contribution is 5.04. The molecule has 14 heavy (non-hydrogen) atoms. The largest absolute Gasteiger partial charge is 0.374 e. The van der Waals surface area contributed by atoms with E-state index in [2.05, 4.69) is 18.0 Å². The first-order valence-electron chi connectivity index (χ1n) is 5.11. The van der Waals surface area contributed by atoms with Gasteiger partial charge in [0.15, 0.2) is 0 Å². The molecule has 0 aliphatic carbocycles. The summed E-state index contributed by atoms with van der Waals surface area (Å²) in [5.41, 5.74) is -0.424. The second-order valence-electron chi connectivity index (χ2n) is 5.28. The highest BCUT2D eigenvalue weighted by Crippen LogP contribution is 2.30. The van der Waals surface area contributed by atoms with Crippen molar-refractivity contribution in [2.24, 2.45) is 5.41 Å². The maximum absolute atomic E-state index is 9.17. The second kappa shape index (κ2) is 3.88. The zero-order chi connectivity index (χ0) is 10.8. The summed E-state index contributed by atoms with van der Waals surface area (Å²) in [5.74, 6) is 0. The van der Waals surface area contributed by atoms with E-state index in [0.29, 0.717) is 6.61 Å². The Morgan fingerprint density at radius 2 is 2.14 bits per heavy atom. The molecule has 1 fully saturated rings. The monoisotopic (exact) mass is 196 g/mol. The quantitative estimate of drug-likeness (QED) is 0.673. The molecule has 1 heterocycles. The first-order valence-corrected chi connectivity index (χ1v) is 5.11. The Hall–Kier alpha value is -0.590. The molecule has 0 bridgehead atoms. The van der Waals surface area contributed by atoms with Gasteiger partial charge >= 0.3 is 0 Å². The summed E-state index contributed by atoms with van der Waals surface area (Å²) in [6.45, 7) is 8.46. The van der Waals surface area contributed by atoms with Gasteiger partial charge in [-0.05, 0) is 40.8 Å². The summed E-state index contributed by atoms with van der Waals surface area (Å²) in [5, 5.41) is 9.17. The summed E-state index contributed by atoms with van der Waals surface area (Å²) in [6.07, 6.45) is 0.927. The minimum atomic E-state index is -0.276. The highest BCUT2D eigenvalue weighted by Gasteiger charge is 2.38. The SMILES string of the molecule is CN1CC[C@@](C#N)(COC(C)(C)C)C1. The van der Waals surface area contributed by atoms with Gasteiger partial charge in [-0.15, -0.1) is 0 Å². The molecule has 0 spiro atoms. The van der Waals surface area contributed by atoms with E-state index in [9.17, 15) is 5.26 Å². The smallest absolute Gasteiger partial charge is 0.0945 e. The Labute approximate surface area is 86.6 Å². The van der Waals surface area contributed by atoms with Gasteiger partial charge in [-0.1, -0.05) is 0 Å². The van der Waals surface area contributed by atoms with Gasteiger partial charge in [0.25, 0.3) is 0 Å². The van der Waals surface area contributed by atoms with Crippen LogP contribution in [-0.4, -0.2) is 37.2 Å². The number of nitrogens with zero attached hydrogens (tertiary/aromatic N) is 2. The first-order chi connectivity index (χ1) is 6.37. The van der Waals surface area contributed by atoms with E-state index in [0.717, 1.165) is 19.5 Å². The minimum Gasteiger partial charge on any atom is -0.374 e. The molecular weight excluding hydrogens is 176 g/mol. The van der Waals surface area contributed by atoms with Crippen LogP contribution in [0.15, 0.2) is 0 Å². The summed E-state index contributed by atoms with van der Waals surface area (Å²) in [4.78, 5) is 2.19. The fourth-order valence-corrected chi connectivity index (χ4v) is 1.68. The van der Waals surface area contributed by atoms with Gasteiger partial charge in [-0.2, -0.15) is 5.26 Å². The van der Waals surface area contributed by atoms with Crippen molar-refractivity contribution in [1.82, 2.24) is 4.90 Å². The molecule has 3 nitrogen and oxygen atoms in total. The van der Waals surface area contributed by atoms with Crippen LogP contribution in [-0.2, 0) is 4.74 Å². The number of hydrogen-bond donors (Lipinski definition) is 0. The zero-order valence-electron chi connectivity index (χ0n) is 9.63. The molecule has 0 amide bonds. The van der Waals surface area contributed by atoms with Crippen LogP contribution in [0.5, 0.6) is 0 Å². The number of hydrogen-bond acceptors (Lipinski definition) is 3. The predicted octanol–water partition coefficient (Wildman–Crippen LogP) is 1.65. The van der Waals surface area contributed by atoms with Crippen molar-refractivity contribution in [2.75, 3.05) is 26.7 Å². The lowest BCUT2D eigenvalue weighted by Gasteiger charge is -2.27. The van der Waals surface area contributed by atoms with E-state index in [-0.39, 0.29) is 11.0 Å². The van der Waals surface area contributed by atoms with Crippen LogP contribution in [0, 0.1) is 16.7 Å². The number of rotatable bonds is 2. The lowest BCUT2D eigenvalue weighted by atomic mass is 9.90. The molecule has 1 atom stereocenters. The van der Waals surface area contributed by atoms with Crippen molar-refractivity contribution in [1.29, 1.82) is 5.26 Å². The molecule has 1 aliphatic rings. The van der Waals surface area contributed by atoms with E-state index in [1.807, 2.05) is 20.8 Å². The molecule has 0 saturated carbocycles. The normalized spacial score (nSPS) is 29.1. The predicted molar refractivity (Wildman–Crippen MR) is 55.9 cm³/mol. The summed E-state index contributed by atoms with van der Waals surface area (Å²) >= 11 is 0. The Morgan fingerprint density at radius 1 is 1.50 bits per heavy atom. The van der Waals surface area contributed by atoms with E-state index in [4.69, 9.17) is 4.74 Å². The summed E-state index contributed by atoms with van der Waals surface area (Å²) in [6, 6.07) is 2.41. The van der Waals surface area contributed by atoms with Gasteiger partial charge in [-0.3, -0.25) is 0 Å². The van der Waals surface area contributed by atoms with Gasteiger partial charge in [0.1, 0.15) is 0 Å². The Bertz CT molecular complexity index is 239. The molecule has 0 aromatic heterocycles. The van der Waals surface area contributed by atoms with Crippen LogP contribution >= 0.6 is 0 Å². The molecule has 1 rings (SSSR count). The molecule has 0 aromatic carbocycles. The van der Waals surface area contributed by atoms with Crippen LogP contribution in [0.3, 0.4) is 0 Å². The van der Waals surface area contributed by atoms with E-state index in [1.54, 1.807) is 0 Å². The van der Waals surface area contributed by atoms with Gasteiger partial charge in [0, 0.05) is 6.54 Å². The maximum atomic E-state index is 9.17. The van der Waals surface area contributed by atoms with Crippen molar-refractivity contribution in [3.05, 3.63) is 0 Å². The molecule has 0 radical (unpaired) electrons. The van der Waals surface area contributed by atoms with Crippen molar-refractivity contribution in [3.8, 4) is 6.07 Å². The first kappa shape index (κ1) is 11.5. The Morgan fingerprint density at radius 3 is 2.50 bits per heavy atom. The third-order valence-corrected chi connectivity index (χ3v) is 2.56. The molecule has 0 unspecified atom stereocenters. The molecule has 0 N–H and O–H groups in total. The molecule has 1 saturated heterocycles. The van der Waals surface area contributed by atoms with Crippen molar-refractivity contribution >= 4 is 0 Å². The highest BCUT2D eigenvalue weighted by atomic mass is 16.5. The van der Waals surface area contributed by atoms with E-state index < -0.39 is 0 Å². The number of likely N-dealkylation sites (tertiary alicyclic amines) is 1. The average molecular weight is 196 g/mol. The van der Waals surface area contributed by atoms with Crippen molar-refractivity contribution < 1.29 is 4.74 Å². The van der Waals surface area contributed by atoms with Crippen LogP contribution in [0.4, 0.5) is 0 Å². The van der Waals surface area contributed by atoms with E-state index >= 15 is 0 Å². The van der Waals surface area contributed by atoms with Crippen LogP contribution < -0.4 is 0 Å². The van der Waals surface area contributed by atoms with Gasteiger partial charge < -0.3 is 9.64 Å². The van der Waals surface area contributed by atoms with Crippen LogP contribution in [0.2, 0.25) is 0 Å². The average Bonchev–Trinajstić information content (AvgIpc) is 2.44. The van der Waals surface area contributed by atoms with Gasteiger partial charge in [-0.25, -0.2) is 0 Å². The molecule has 3 heteroatoms. The fourth-order valence-electron chi connectivity index (χ4n) is 1.68. The van der Waals surface area contributed by atoms with Crippen LogP contribution in [0.25, 0.3) is 0 Å². The van der Waals surface area contributed by atoms with Crippen molar-refractivity contribution in [2.45, 2.75) is 32.8 Å². The third-order valence-electron chi connectivity index (χ3n) is 2.56. The minimum absolute atomic E-state index is 0.148. The maximum Gasteiger partial charge on any atom is 0.0945 e. The van der Waals surface area contributed by atoms with Gasteiger partial charge in [0.05, 0.1) is 23.7 Å². The second-order valence-corrected chi connectivity index (χ2v) is 5.28. The Kier molecular flexibility index (Phi) is 3.18.